The van der Waals surface area contributed by atoms with E-state index in [9.17, 15) is 4.39 Å². The Morgan fingerprint density at radius 2 is 2.29 bits per heavy atom. The van der Waals surface area contributed by atoms with Gasteiger partial charge in [0.1, 0.15) is 5.82 Å². The van der Waals surface area contributed by atoms with E-state index in [0.29, 0.717) is 23.2 Å². The maximum atomic E-state index is 13.3. The summed E-state index contributed by atoms with van der Waals surface area (Å²) in [7, 11) is 0. The molecule has 0 aliphatic heterocycles. The van der Waals surface area contributed by atoms with E-state index < -0.39 is 0 Å². The standard InChI is InChI=1S/C10H15FN2S/c1-7(14-2)6-13-10-8(11)4-3-5-9(10)12/h3-5,7,13H,6,12H2,1-2H3. The number of rotatable bonds is 4. The number of para-hydroxylation sites is 1. The summed E-state index contributed by atoms with van der Waals surface area (Å²) in [6, 6.07) is 4.70. The van der Waals surface area contributed by atoms with Crippen molar-refractivity contribution in [3.05, 3.63) is 24.0 Å². The zero-order valence-corrected chi connectivity index (χ0v) is 9.20. The van der Waals surface area contributed by atoms with Crippen LogP contribution in [0.25, 0.3) is 0 Å². The molecule has 0 amide bonds. The van der Waals surface area contributed by atoms with E-state index in [4.69, 9.17) is 5.73 Å². The number of nitrogens with two attached hydrogens (primary N) is 1. The van der Waals surface area contributed by atoms with Crippen molar-refractivity contribution in [1.82, 2.24) is 0 Å². The smallest absolute Gasteiger partial charge is 0.148 e. The third-order valence-corrected chi connectivity index (χ3v) is 2.99. The molecule has 4 heteroatoms. The first-order chi connectivity index (χ1) is 6.65. The first kappa shape index (κ1) is 11.2. The summed E-state index contributed by atoms with van der Waals surface area (Å²) in [4.78, 5) is 0. The van der Waals surface area contributed by atoms with E-state index in [-0.39, 0.29) is 5.82 Å². The Bertz CT molecular complexity index is 284. The van der Waals surface area contributed by atoms with E-state index in [0.717, 1.165) is 0 Å². The molecule has 1 rings (SSSR count). The van der Waals surface area contributed by atoms with Gasteiger partial charge in [-0.15, -0.1) is 0 Å². The molecule has 0 aromatic heterocycles. The van der Waals surface area contributed by atoms with E-state index in [1.807, 2.05) is 6.26 Å². The first-order valence-electron chi connectivity index (χ1n) is 4.45. The van der Waals surface area contributed by atoms with Crippen LogP contribution in [0.5, 0.6) is 0 Å². The van der Waals surface area contributed by atoms with Crippen LogP contribution in [0.1, 0.15) is 6.92 Å². The van der Waals surface area contributed by atoms with Gasteiger partial charge in [0.05, 0.1) is 11.4 Å². The quantitative estimate of drug-likeness (QED) is 0.756. The molecular weight excluding hydrogens is 199 g/mol. The summed E-state index contributed by atoms with van der Waals surface area (Å²) in [5.41, 5.74) is 6.51. The van der Waals surface area contributed by atoms with E-state index in [1.165, 1.54) is 6.07 Å². The van der Waals surface area contributed by atoms with Crippen LogP contribution in [0.2, 0.25) is 0 Å². The highest BCUT2D eigenvalue weighted by Gasteiger charge is 2.06. The average molecular weight is 214 g/mol. The summed E-state index contributed by atoms with van der Waals surface area (Å²) in [6.07, 6.45) is 2.02. The topological polar surface area (TPSA) is 38.0 Å². The highest BCUT2D eigenvalue weighted by atomic mass is 32.2. The van der Waals surface area contributed by atoms with Crippen LogP contribution in [-0.4, -0.2) is 18.1 Å². The van der Waals surface area contributed by atoms with Gasteiger partial charge in [-0.2, -0.15) is 11.8 Å². The molecule has 78 valence electrons. The third-order valence-electron chi connectivity index (χ3n) is 2.01. The molecule has 1 aromatic rings. The van der Waals surface area contributed by atoms with Gasteiger partial charge in [0.15, 0.2) is 0 Å². The van der Waals surface area contributed by atoms with E-state index in [1.54, 1.807) is 23.9 Å². The Kier molecular flexibility index (Phi) is 4.07. The number of hydrogen-bond donors (Lipinski definition) is 2. The minimum atomic E-state index is -0.293. The van der Waals surface area contributed by atoms with Gasteiger partial charge in [-0.1, -0.05) is 13.0 Å². The van der Waals surface area contributed by atoms with Gasteiger partial charge in [-0.25, -0.2) is 4.39 Å². The third kappa shape index (κ3) is 2.80. The van der Waals surface area contributed by atoms with Gasteiger partial charge in [-0.3, -0.25) is 0 Å². The minimum absolute atomic E-state index is 0.293. The van der Waals surface area contributed by atoms with Crippen LogP contribution < -0.4 is 11.1 Å². The second-order valence-corrected chi connectivity index (χ2v) is 4.41. The SMILES string of the molecule is CSC(C)CNc1c(N)cccc1F. The molecule has 0 aliphatic carbocycles. The number of benzene rings is 1. The molecule has 1 aromatic carbocycles. The Morgan fingerprint density at radius 1 is 1.57 bits per heavy atom. The van der Waals surface area contributed by atoms with E-state index in [2.05, 4.69) is 12.2 Å². The highest BCUT2D eigenvalue weighted by Crippen LogP contribution is 2.22. The Balaban J connectivity index is 2.66. The summed E-state index contributed by atoms with van der Waals surface area (Å²) in [6.45, 7) is 2.79. The molecule has 0 heterocycles. The van der Waals surface area contributed by atoms with Gasteiger partial charge in [0.2, 0.25) is 0 Å². The second-order valence-electron chi connectivity index (χ2n) is 3.13. The Morgan fingerprint density at radius 3 is 2.86 bits per heavy atom. The summed E-state index contributed by atoms with van der Waals surface area (Å²) >= 11 is 1.73. The van der Waals surface area contributed by atoms with Crippen molar-refractivity contribution in [2.45, 2.75) is 12.2 Å². The zero-order valence-electron chi connectivity index (χ0n) is 8.38. The molecule has 0 spiro atoms. The number of thioether (sulfide) groups is 1. The maximum Gasteiger partial charge on any atom is 0.148 e. The largest absolute Gasteiger partial charge is 0.397 e. The maximum absolute atomic E-state index is 13.3. The molecule has 0 saturated carbocycles. The fourth-order valence-electron chi connectivity index (χ4n) is 1.06. The summed E-state index contributed by atoms with van der Waals surface area (Å²) in [5.74, 6) is -0.293. The van der Waals surface area contributed by atoms with Crippen molar-refractivity contribution >= 4 is 23.1 Å². The van der Waals surface area contributed by atoms with Crippen LogP contribution in [0.15, 0.2) is 18.2 Å². The van der Waals surface area contributed by atoms with Crippen molar-refractivity contribution in [1.29, 1.82) is 0 Å². The second kappa shape index (κ2) is 5.10. The normalized spacial score (nSPS) is 12.5. The monoisotopic (exact) mass is 214 g/mol. The molecule has 0 aliphatic rings. The first-order valence-corrected chi connectivity index (χ1v) is 5.74. The summed E-state index contributed by atoms with van der Waals surface area (Å²) < 4.78 is 13.3. The minimum Gasteiger partial charge on any atom is -0.397 e. The fourth-order valence-corrected chi connectivity index (χ4v) is 1.31. The molecule has 0 bridgehead atoms. The molecule has 2 nitrogen and oxygen atoms in total. The number of nitrogen functional groups attached to an aromatic ring is 1. The Labute approximate surface area is 88.1 Å². The average Bonchev–Trinajstić information content (AvgIpc) is 2.16. The zero-order chi connectivity index (χ0) is 10.6. The van der Waals surface area contributed by atoms with Gasteiger partial charge < -0.3 is 11.1 Å². The van der Waals surface area contributed by atoms with Gasteiger partial charge >= 0.3 is 0 Å². The number of nitrogens with one attached hydrogen (secondary N) is 1. The lowest BCUT2D eigenvalue weighted by Crippen LogP contribution is -2.14. The van der Waals surface area contributed by atoms with Gasteiger partial charge in [0, 0.05) is 11.8 Å². The van der Waals surface area contributed by atoms with E-state index >= 15 is 0 Å². The number of anilines is 2. The number of hydrogen-bond acceptors (Lipinski definition) is 3. The van der Waals surface area contributed by atoms with Crippen molar-refractivity contribution in [2.75, 3.05) is 23.9 Å². The number of halogens is 1. The fraction of sp³-hybridized carbons (Fsp3) is 0.400. The Hall–Kier alpha value is -0.900. The molecule has 0 saturated heterocycles. The molecule has 0 radical (unpaired) electrons. The lowest BCUT2D eigenvalue weighted by Gasteiger charge is -2.13. The van der Waals surface area contributed by atoms with Gasteiger partial charge in [-0.05, 0) is 18.4 Å². The molecule has 3 N–H and O–H groups in total. The lowest BCUT2D eigenvalue weighted by molar-refractivity contribution is 0.630. The van der Waals surface area contributed by atoms with Crippen molar-refractivity contribution in [3.8, 4) is 0 Å². The van der Waals surface area contributed by atoms with Crippen molar-refractivity contribution in [3.63, 3.8) is 0 Å². The van der Waals surface area contributed by atoms with Crippen LogP contribution >= 0.6 is 11.8 Å². The van der Waals surface area contributed by atoms with Crippen LogP contribution in [-0.2, 0) is 0 Å². The predicted octanol–water partition coefficient (Wildman–Crippen LogP) is 2.57. The molecule has 1 unspecified atom stereocenters. The van der Waals surface area contributed by atoms with Crippen LogP contribution in [0, 0.1) is 5.82 Å². The molecular formula is C10H15FN2S. The molecule has 14 heavy (non-hydrogen) atoms. The highest BCUT2D eigenvalue weighted by molar-refractivity contribution is 7.99. The van der Waals surface area contributed by atoms with Gasteiger partial charge in [0.25, 0.3) is 0 Å². The van der Waals surface area contributed by atoms with Crippen LogP contribution in [0.4, 0.5) is 15.8 Å². The van der Waals surface area contributed by atoms with Crippen molar-refractivity contribution in [2.24, 2.45) is 0 Å². The molecule has 1 atom stereocenters. The molecule has 0 fully saturated rings. The predicted molar refractivity (Wildman–Crippen MR) is 62.3 cm³/mol. The lowest BCUT2D eigenvalue weighted by atomic mass is 10.2. The van der Waals surface area contributed by atoms with Crippen molar-refractivity contribution < 1.29 is 4.39 Å². The van der Waals surface area contributed by atoms with Crippen LogP contribution in [0.3, 0.4) is 0 Å². The summed E-state index contributed by atoms with van der Waals surface area (Å²) in [5, 5.41) is 3.45.